The third-order valence-corrected chi connectivity index (χ3v) is 3.43. The SMILES string of the molecule is CC(C)(C)c1cccc2c1CC[C@@]2(C)O. The van der Waals surface area contributed by atoms with E-state index in [9.17, 15) is 5.11 Å². The molecule has 0 aromatic heterocycles. The highest BCUT2D eigenvalue weighted by Gasteiger charge is 2.34. The van der Waals surface area contributed by atoms with Crippen LogP contribution in [0.5, 0.6) is 0 Å². The lowest BCUT2D eigenvalue weighted by molar-refractivity contribution is 0.0594. The van der Waals surface area contributed by atoms with Crippen molar-refractivity contribution in [2.75, 3.05) is 0 Å². The third kappa shape index (κ3) is 1.69. The Morgan fingerprint density at radius 3 is 2.53 bits per heavy atom. The molecule has 0 heterocycles. The maximum absolute atomic E-state index is 10.2. The first-order valence-electron chi connectivity index (χ1n) is 5.67. The average molecular weight is 204 g/mol. The van der Waals surface area contributed by atoms with Crippen LogP contribution >= 0.6 is 0 Å². The molecule has 1 aromatic carbocycles. The minimum atomic E-state index is -0.614. The van der Waals surface area contributed by atoms with Crippen molar-refractivity contribution in [1.29, 1.82) is 0 Å². The fourth-order valence-electron chi connectivity index (χ4n) is 2.57. The van der Waals surface area contributed by atoms with Crippen LogP contribution in [-0.2, 0) is 17.4 Å². The maximum atomic E-state index is 10.2. The van der Waals surface area contributed by atoms with Gasteiger partial charge in [0.2, 0.25) is 0 Å². The lowest BCUT2D eigenvalue weighted by Crippen LogP contribution is -2.18. The normalized spacial score (nSPS) is 25.4. The van der Waals surface area contributed by atoms with Gasteiger partial charge in [-0.25, -0.2) is 0 Å². The van der Waals surface area contributed by atoms with Gasteiger partial charge in [0.25, 0.3) is 0 Å². The molecule has 1 N–H and O–H groups in total. The Morgan fingerprint density at radius 1 is 1.27 bits per heavy atom. The van der Waals surface area contributed by atoms with Crippen LogP contribution in [0, 0.1) is 0 Å². The van der Waals surface area contributed by atoms with Gasteiger partial charge < -0.3 is 5.11 Å². The van der Waals surface area contributed by atoms with Crippen molar-refractivity contribution >= 4 is 0 Å². The standard InChI is InChI=1S/C14H20O/c1-13(2,3)11-6-5-7-12-10(11)8-9-14(12,4)15/h5-7,15H,8-9H2,1-4H3/t14-/m1/s1. The van der Waals surface area contributed by atoms with Crippen molar-refractivity contribution in [1.82, 2.24) is 0 Å². The molecule has 0 aliphatic heterocycles. The highest BCUT2D eigenvalue weighted by molar-refractivity contribution is 5.45. The van der Waals surface area contributed by atoms with Gasteiger partial charge in [0.05, 0.1) is 5.60 Å². The van der Waals surface area contributed by atoms with Crippen molar-refractivity contribution < 1.29 is 5.11 Å². The zero-order valence-electron chi connectivity index (χ0n) is 10.1. The average Bonchev–Trinajstić information content (AvgIpc) is 2.41. The summed E-state index contributed by atoms with van der Waals surface area (Å²) in [6, 6.07) is 6.33. The van der Waals surface area contributed by atoms with Gasteiger partial charge in [-0.3, -0.25) is 0 Å². The Kier molecular flexibility index (Phi) is 2.20. The summed E-state index contributed by atoms with van der Waals surface area (Å²) in [4.78, 5) is 0. The molecule has 1 aliphatic carbocycles. The molecule has 0 radical (unpaired) electrons. The first-order valence-corrected chi connectivity index (χ1v) is 5.67. The van der Waals surface area contributed by atoms with E-state index in [2.05, 4.69) is 39.0 Å². The van der Waals surface area contributed by atoms with E-state index in [1.54, 1.807) is 0 Å². The van der Waals surface area contributed by atoms with E-state index in [-0.39, 0.29) is 5.41 Å². The van der Waals surface area contributed by atoms with Crippen LogP contribution in [0.3, 0.4) is 0 Å². The second kappa shape index (κ2) is 3.08. The van der Waals surface area contributed by atoms with Gasteiger partial charge in [-0.15, -0.1) is 0 Å². The molecule has 0 bridgehead atoms. The largest absolute Gasteiger partial charge is 0.385 e. The molecule has 15 heavy (non-hydrogen) atoms. The fraction of sp³-hybridized carbons (Fsp3) is 0.571. The Balaban J connectivity index is 2.60. The molecule has 0 spiro atoms. The van der Waals surface area contributed by atoms with Gasteiger partial charge in [-0.05, 0) is 41.9 Å². The minimum absolute atomic E-state index is 0.172. The zero-order chi connectivity index (χ0) is 11.3. The maximum Gasteiger partial charge on any atom is 0.0874 e. The number of hydrogen-bond donors (Lipinski definition) is 1. The molecule has 0 amide bonds. The Labute approximate surface area is 92.1 Å². The molecule has 0 fully saturated rings. The number of benzene rings is 1. The van der Waals surface area contributed by atoms with E-state index in [4.69, 9.17) is 0 Å². The van der Waals surface area contributed by atoms with Crippen molar-refractivity contribution in [2.24, 2.45) is 0 Å². The Hall–Kier alpha value is -0.820. The molecule has 1 aliphatic rings. The van der Waals surface area contributed by atoms with Crippen LogP contribution in [0.4, 0.5) is 0 Å². The highest BCUT2D eigenvalue weighted by Crippen LogP contribution is 2.41. The number of hydrogen-bond acceptors (Lipinski definition) is 1. The van der Waals surface area contributed by atoms with Crippen LogP contribution in [0.25, 0.3) is 0 Å². The highest BCUT2D eigenvalue weighted by atomic mass is 16.3. The summed E-state index contributed by atoms with van der Waals surface area (Å²) in [5.74, 6) is 0. The summed E-state index contributed by atoms with van der Waals surface area (Å²) in [6.45, 7) is 8.62. The molecular weight excluding hydrogens is 184 g/mol. The Bertz CT molecular complexity index is 383. The lowest BCUT2D eigenvalue weighted by atomic mass is 9.82. The molecule has 82 valence electrons. The zero-order valence-corrected chi connectivity index (χ0v) is 10.1. The fourth-order valence-corrected chi connectivity index (χ4v) is 2.57. The molecule has 1 nitrogen and oxygen atoms in total. The molecule has 1 atom stereocenters. The van der Waals surface area contributed by atoms with Crippen molar-refractivity contribution in [3.8, 4) is 0 Å². The number of fused-ring (bicyclic) bond motifs is 1. The van der Waals surface area contributed by atoms with Gasteiger partial charge in [0.15, 0.2) is 0 Å². The monoisotopic (exact) mass is 204 g/mol. The van der Waals surface area contributed by atoms with Crippen LogP contribution in [-0.4, -0.2) is 5.11 Å². The Morgan fingerprint density at radius 2 is 1.93 bits per heavy atom. The predicted molar refractivity (Wildman–Crippen MR) is 63.0 cm³/mol. The van der Waals surface area contributed by atoms with Crippen LogP contribution in [0.2, 0.25) is 0 Å². The predicted octanol–water partition coefficient (Wildman–Crippen LogP) is 3.14. The summed E-state index contributed by atoms with van der Waals surface area (Å²) in [5.41, 5.74) is 3.45. The topological polar surface area (TPSA) is 20.2 Å². The van der Waals surface area contributed by atoms with Crippen molar-refractivity contribution in [3.63, 3.8) is 0 Å². The summed E-state index contributed by atoms with van der Waals surface area (Å²) in [7, 11) is 0. The summed E-state index contributed by atoms with van der Waals surface area (Å²) >= 11 is 0. The lowest BCUT2D eigenvalue weighted by Gasteiger charge is -2.24. The van der Waals surface area contributed by atoms with Crippen LogP contribution in [0.1, 0.15) is 50.8 Å². The van der Waals surface area contributed by atoms with E-state index in [0.29, 0.717) is 0 Å². The van der Waals surface area contributed by atoms with Gasteiger partial charge >= 0.3 is 0 Å². The quantitative estimate of drug-likeness (QED) is 0.688. The molecule has 0 unspecified atom stereocenters. The third-order valence-electron chi connectivity index (χ3n) is 3.43. The molecule has 0 saturated heterocycles. The first-order chi connectivity index (χ1) is 6.82. The molecular formula is C14H20O. The van der Waals surface area contributed by atoms with Crippen LogP contribution < -0.4 is 0 Å². The van der Waals surface area contributed by atoms with Gasteiger partial charge in [0, 0.05) is 0 Å². The second-order valence-corrected chi connectivity index (χ2v) is 5.86. The van der Waals surface area contributed by atoms with Gasteiger partial charge in [-0.2, -0.15) is 0 Å². The van der Waals surface area contributed by atoms with Crippen molar-refractivity contribution in [2.45, 2.75) is 51.6 Å². The molecule has 1 heteroatoms. The molecule has 0 saturated carbocycles. The van der Waals surface area contributed by atoms with E-state index in [1.165, 1.54) is 11.1 Å². The molecule has 1 aromatic rings. The van der Waals surface area contributed by atoms with E-state index >= 15 is 0 Å². The summed E-state index contributed by atoms with van der Waals surface area (Å²) in [6.07, 6.45) is 1.87. The van der Waals surface area contributed by atoms with E-state index in [1.807, 2.05) is 6.92 Å². The van der Waals surface area contributed by atoms with E-state index < -0.39 is 5.60 Å². The molecule has 2 rings (SSSR count). The number of rotatable bonds is 0. The summed E-state index contributed by atoms with van der Waals surface area (Å²) < 4.78 is 0. The summed E-state index contributed by atoms with van der Waals surface area (Å²) in [5, 5.41) is 10.2. The number of aliphatic hydroxyl groups is 1. The van der Waals surface area contributed by atoms with Crippen LogP contribution in [0.15, 0.2) is 18.2 Å². The first kappa shape index (κ1) is 10.7. The smallest absolute Gasteiger partial charge is 0.0874 e. The van der Waals surface area contributed by atoms with E-state index in [0.717, 1.165) is 18.4 Å². The minimum Gasteiger partial charge on any atom is -0.385 e. The van der Waals surface area contributed by atoms with Gasteiger partial charge in [0.1, 0.15) is 0 Å². The van der Waals surface area contributed by atoms with Gasteiger partial charge in [-0.1, -0.05) is 39.0 Å². The second-order valence-electron chi connectivity index (χ2n) is 5.86. The van der Waals surface area contributed by atoms with Crippen molar-refractivity contribution in [3.05, 3.63) is 34.9 Å².